The maximum Gasteiger partial charge on any atom is 0.275 e. The number of hydrogen-bond donors (Lipinski definition) is 2. The lowest BCUT2D eigenvalue weighted by atomic mass is 9.89. The maximum atomic E-state index is 11.8. The van der Waals surface area contributed by atoms with Crippen molar-refractivity contribution in [2.45, 2.75) is 32.6 Å². The summed E-state index contributed by atoms with van der Waals surface area (Å²) in [6.07, 6.45) is 4.26. The third-order valence-corrected chi connectivity index (χ3v) is 3.21. The molecule has 2 N–H and O–H groups in total. The van der Waals surface area contributed by atoms with Gasteiger partial charge in [0.25, 0.3) is 5.91 Å². The Hall–Kier alpha value is -1.84. The smallest absolute Gasteiger partial charge is 0.275 e. The molecule has 4 nitrogen and oxygen atoms in total. The Morgan fingerprint density at radius 1 is 1.44 bits per heavy atom. The molecule has 18 heavy (non-hydrogen) atoms. The molecule has 0 heterocycles. The Morgan fingerprint density at radius 3 is 2.94 bits per heavy atom. The fourth-order valence-corrected chi connectivity index (χ4v) is 2.22. The number of amides is 1. The number of aromatic hydroxyl groups is 1. The summed E-state index contributed by atoms with van der Waals surface area (Å²) in [7, 11) is 0. The second kappa shape index (κ2) is 5.67. The number of rotatable bonds is 2. The van der Waals surface area contributed by atoms with Gasteiger partial charge in [-0.15, -0.1) is 0 Å². The van der Waals surface area contributed by atoms with E-state index in [4.69, 9.17) is 0 Å². The minimum absolute atomic E-state index is 0.0211. The van der Waals surface area contributed by atoms with Gasteiger partial charge >= 0.3 is 0 Å². The topological polar surface area (TPSA) is 61.7 Å². The largest absolute Gasteiger partial charge is 0.507 e. The fraction of sp³-hybridized carbons (Fsp3) is 0.429. The molecule has 2 rings (SSSR count). The van der Waals surface area contributed by atoms with E-state index < -0.39 is 0 Å². The SMILES string of the molecule is CC1CCC/C(=N/NC(=O)c2ccccc2O)C1. The maximum absolute atomic E-state index is 11.8. The van der Waals surface area contributed by atoms with Gasteiger partial charge < -0.3 is 5.11 Å². The van der Waals surface area contributed by atoms with Crippen LogP contribution in [0.25, 0.3) is 0 Å². The first-order chi connectivity index (χ1) is 8.66. The first-order valence-electron chi connectivity index (χ1n) is 6.30. The number of nitrogens with zero attached hydrogens (tertiary/aromatic N) is 1. The van der Waals surface area contributed by atoms with Crippen LogP contribution in [0.1, 0.15) is 43.0 Å². The highest BCUT2D eigenvalue weighted by molar-refractivity contribution is 5.97. The minimum Gasteiger partial charge on any atom is -0.507 e. The number of hydrazone groups is 1. The quantitative estimate of drug-likeness (QED) is 0.788. The number of nitrogens with one attached hydrogen (secondary N) is 1. The first-order valence-corrected chi connectivity index (χ1v) is 6.30. The first kappa shape index (κ1) is 12.6. The summed E-state index contributed by atoms with van der Waals surface area (Å²) >= 11 is 0. The molecule has 0 bridgehead atoms. The standard InChI is InChI=1S/C14H18N2O2/c1-10-5-4-6-11(9-10)15-16-14(18)12-7-2-3-8-13(12)17/h2-3,7-8,10,17H,4-6,9H2,1H3,(H,16,18)/b15-11-. The van der Waals surface area contributed by atoms with E-state index in [-0.39, 0.29) is 17.2 Å². The van der Waals surface area contributed by atoms with Crippen molar-refractivity contribution in [1.29, 1.82) is 0 Å². The molecule has 0 aliphatic heterocycles. The number of carbonyl (C=O) groups is 1. The van der Waals surface area contributed by atoms with Crippen molar-refractivity contribution in [1.82, 2.24) is 5.43 Å². The Bertz CT molecular complexity index is 469. The number of para-hydroxylation sites is 1. The number of phenolic OH excluding ortho intramolecular Hbond substituents is 1. The summed E-state index contributed by atoms with van der Waals surface area (Å²) in [6, 6.07) is 6.46. The van der Waals surface area contributed by atoms with E-state index in [1.54, 1.807) is 18.2 Å². The average molecular weight is 246 g/mol. The summed E-state index contributed by atoms with van der Waals surface area (Å²) < 4.78 is 0. The van der Waals surface area contributed by atoms with E-state index in [0.717, 1.165) is 25.0 Å². The zero-order valence-corrected chi connectivity index (χ0v) is 10.5. The minimum atomic E-state index is -0.362. The second-order valence-electron chi connectivity index (χ2n) is 4.84. The Kier molecular flexibility index (Phi) is 3.97. The summed E-state index contributed by atoms with van der Waals surface area (Å²) in [5, 5.41) is 13.7. The van der Waals surface area contributed by atoms with Crippen molar-refractivity contribution in [3.05, 3.63) is 29.8 Å². The van der Waals surface area contributed by atoms with Crippen molar-refractivity contribution in [2.75, 3.05) is 0 Å². The van der Waals surface area contributed by atoms with Crippen molar-refractivity contribution < 1.29 is 9.90 Å². The molecule has 1 saturated carbocycles. The van der Waals surface area contributed by atoms with Crippen molar-refractivity contribution >= 4 is 11.6 Å². The van der Waals surface area contributed by atoms with Gasteiger partial charge in [0.1, 0.15) is 5.75 Å². The van der Waals surface area contributed by atoms with Crippen LogP contribution in [0.5, 0.6) is 5.75 Å². The zero-order valence-electron chi connectivity index (χ0n) is 10.5. The molecule has 1 unspecified atom stereocenters. The van der Waals surface area contributed by atoms with Gasteiger partial charge in [-0.25, -0.2) is 5.43 Å². The molecule has 1 aliphatic carbocycles. The van der Waals surface area contributed by atoms with Crippen LogP contribution in [-0.2, 0) is 0 Å². The van der Waals surface area contributed by atoms with Gasteiger partial charge in [-0.05, 0) is 43.7 Å². The highest BCUT2D eigenvalue weighted by atomic mass is 16.3. The molecule has 96 valence electrons. The van der Waals surface area contributed by atoms with Gasteiger partial charge in [-0.3, -0.25) is 4.79 Å². The molecule has 0 saturated heterocycles. The van der Waals surface area contributed by atoms with Crippen molar-refractivity contribution in [3.63, 3.8) is 0 Å². The van der Waals surface area contributed by atoms with Crippen LogP contribution in [0, 0.1) is 5.92 Å². The van der Waals surface area contributed by atoms with Crippen LogP contribution >= 0.6 is 0 Å². The average Bonchev–Trinajstić information content (AvgIpc) is 2.37. The van der Waals surface area contributed by atoms with E-state index in [1.807, 2.05) is 0 Å². The molecule has 0 radical (unpaired) electrons. The van der Waals surface area contributed by atoms with Crippen LogP contribution in [0.3, 0.4) is 0 Å². The van der Waals surface area contributed by atoms with Gasteiger partial charge in [0.05, 0.1) is 5.56 Å². The number of phenols is 1. The van der Waals surface area contributed by atoms with Gasteiger partial charge in [-0.2, -0.15) is 5.10 Å². The van der Waals surface area contributed by atoms with Crippen LogP contribution in [0.4, 0.5) is 0 Å². The van der Waals surface area contributed by atoms with Gasteiger partial charge in [0.2, 0.25) is 0 Å². The van der Waals surface area contributed by atoms with E-state index in [0.29, 0.717) is 5.92 Å². The summed E-state index contributed by atoms with van der Waals surface area (Å²) in [4.78, 5) is 11.8. The molecular weight excluding hydrogens is 228 g/mol. The van der Waals surface area contributed by atoms with Crippen molar-refractivity contribution in [2.24, 2.45) is 11.0 Å². The molecule has 1 aliphatic rings. The molecular formula is C14H18N2O2. The molecule has 1 atom stereocenters. The Balaban J connectivity index is 2.00. The fourth-order valence-electron chi connectivity index (χ4n) is 2.22. The predicted molar refractivity (Wildman–Crippen MR) is 70.6 cm³/mol. The Morgan fingerprint density at radius 2 is 2.22 bits per heavy atom. The zero-order chi connectivity index (χ0) is 13.0. The van der Waals surface area contributed by atoms with Crippen LogP contribution < -0.4 is 5.43 Å². The van der Waals surface area contributed by atoms with E-state index in [1.165, 1.54) is 12.5 Å². The lowest BCUT2D eigenvalue weighted by molar-refractivity contribution is 0.0952. The van der Waals surface area contributed by atoms with Gasteiger partial charge in [-0.1, -0.05) is 19.1 Å². The van der Waals surface area contributed by atoms with Crippen LogP contribution in [-0.4, -0.2) is 16.7 Å². The summed E-state index contributed by atoms with van der Waals surface area (Å²) in [6.45, 7) is 2.19. The summed E-state index contributed by atoms with van der Waals surface area (Å²) in [5.41, 5.74) is 3.81. The van der Waals surface area contributed by atoms with Crippen LogP contribution in [0.2, 0.25) is 0 Å². The summed E-state index contributed by atoms with van der Waals surface area (Å²) in [5.74, 6) is 0.255. The monoisotopic (exact) mass is 246 g/mol. The van der Waals surface area contributed by atoms with Gasteiger partial charge in [0.15, 0.2) is 0 Å². The third kappa shape index (κ3) is 3.09. The van der Waals surface area contributed by atoms with E-state index in [2.05, 4.69) is 17.5 Å². The number of carbonyl (C=O) groups excluding carboxylic acids is 1. The molecule has 1 amide bonds. The highest BCUT2D eigenvalue weighted by Crippen LogP contribution is 2.21. The van der Waals surface area contributed by atoms with Gasteiger partial charge in [0, 0.05) is 5.71 Å². The van der Waals surface area contributed by atoms with Crippen LogP contribution in [0.15, 0.2) is 29.4 Å². The van der Waals surface area contributed by atoms with E-state index >= 15 is 0 Å². The molecule has 1 aromatic rings. The lowest BCUT2D eigenvalue weighted by Crippen LogP contribution is -2.22. The molecule has 1 aromatic carbocycles. The normalized spacial score (nSPS) is 21.8. The predicted octanol–water partition coefficient (Wildman–Crippen LogP) is 2.69. The third-order valence-electron chi connectivity index (χ3n) is 3.21. The number of benzene rings is 1. The molecule has 0 aromatic heterocycles. The lowest BCUT2D eigenvalue weighted by Gasteiger charge is -2.18. The molecule has 0 spiro atoms. The van der Waals surface area contributed by atoms with E-state index in [9.17, 15) is 9.90 Å². The second-order valence-corrected chi connectivity index (χ2v) is 4.84. The molecule has 1 fully saturated rings. The number of hydrogen-bond acceptors (Lipinski definition) is 3. The van der Waals surface area contributed by atoms with Crippen molar-refractivity contribution in [3.8, 4) is 5.75 Å². The highest BCUT2D eigenvalue weighted by Gasteiger charge is 2.15. The Labute approximate surface area is 107 Å². The molecule has 4 heteroatoms.